The van der Waals surface area contributed by atoms with E-state index in [1.54, 1.807) is 0 Å². The molecular formula is C15H15N3O3. The van der Waals surface area contributed by atoms with Crippen molar-refractivity contribution < 1.29 is 14.7 Å². The van der Waals surface area contributed by atoms with Crippen LogP contribution in [0.3, 0.4) is 0 Å². The number of amides is 2. The molecule has 2 rings (SSSR count). The lowest BCUT2D eigenvalue weighted by atomic mass is 10.2. The van der Waals surface area contributed by atoms with Crippen molar-refractivity contribution in [2.75, 3.05) is 0 Å². The van der Waals surface area contributed by atoms with Gasteiger partial charge in [-0.25, -0.2) is 15.7 Å². The molecule has 0 saturated heterocycles. The summed E-state index contributed by atoms with van der Waals surface area (Å²) in [7, 11) is 0. The second-order valence-corrected chi connectivity index (χ2v) is 4.15. The van der Waals surface area contributed by atoms with Crippen LogP contribution < -0.4 is 15.6 Å². The van der Waals surface area contributed by atoms with E-state index in [2.05, 4.69) is 10.5 Å². The van der Waals surface area contributed by atoms with Crippen LogP contribution in [0, 0.1) is 0 Å². The Hall–Kier alpha value is -2.86. The standard InChI is InChI=1S/C15H15N3O3/c19-15(18-20)17-16-10-12-6-8-14(9-7-12)21-11-13-4-2-1-3-5-13/h1-10,20H,11H2,(H2,17,18,19)/b16-10-. The zero-order chi connectivity index (χ0) is 14.9. The van der Waals surface area contributed by atoms with Gasteiger partial charge < -0.3 is 4.74 Å². The molecule has 6 nitrogen and oxygen atoms in total. The molecule has 0 atom stereocenters. The van der Waals surface area contributed by atoms with Crippen molar-refractivity contribution in [1.29, 1.82) is 0 Å². The topological polar surface area (TPSA) is 83.0 Å². The summed E-state index contributed by atoms with van der Waals surface area (Å²) in [5.41, 5.74) is 5.38. The van der Waals surface area contributed by atoms with Crippen LogP contribution in [-0.2, 0) is 6.61 Å². The van der Waals surface area contributed by atoms with E-state index in [1.165, 1.54) is 11.7 Å². The fraction of sp³-hybridized carbons (Fsp3) is 0.0667. The van der Waals surface area contributed by atoms with Gasteiger partial charge in [0.25, 0.3) is 0 Å². The lowest BCUT2D eigenvalue weighted by molar-refractivity contribution is 0.162. The minimum absolute atomic E-state index is 0.506. The number of rotatable bonds is 5. The lowest BCUT2D eigenvalue weighted by Crippen LogP contribution is -2.29. The third-order valence-electron chi connectivity index (χ3n) is 2.61. The van der Waals surface area contributed by atoms with Crippen molar-refractivity contribution >= 4 is 12.2 Å². The molecule has 2 aromatic carbocycles. The molecule has 0 saturated carbocycles. The summed E-state index contributed by atoms with van der Waals surface area (Å²) < 4.78 is 5.65. The molecule has 6 heteroatoms. The third kappa shape index (κ3) is 4.96. The third-order valence-corrected chi connectivity index (χ3v) is 2.61. The van der Waals surface area contributed by atoms with Crippen LogP contribution in [0.2, 0.25) is 0 Å². The number of carbonyl (C=O) groups is 1. The quantitative estimate of drug-likeness (QED) is 0.448. The Morgan fingerprint density at radius 2 is 1.86 bits per heavy atom. The number of ether oxygens (including phenoxy) is 1. The Kier molecular flexibility index (Phi) is 5.31. The second kappa shape index (κ2) is 7.66. The van der Waals surface area contributed by atoms with Crippen molar-refractivity contribution in [3.8, 4) is 5.75 Å². The molecule has 0 aliphatic heterocycles. The van der Waals surface area contributed by atoms with Crippen molar-refractivity contribution in [2.24, 2.45) is 5.10 Å². The Morgan fingerprint density at radius 3 is 2.52 bits per heavy atom. The summed E-state index contributed by atoms with van der Waals surface area (Å²) in [6.07, 6.45) is 1.45. The van der Waals surface area contributed by atoms with Crippen LogP contribution in [0.5, 0.6) is 5.75 Å². The van der Waals surface area contributed by atoms with Crippen LogP contribution in [0.1, 0.15) is 11.1 Å². The molecule has 0 spiro atoms. The normalized spacial score (nSPS) is 10.3. The maximum Gasteiger partial charge on any atom is 0.358 e. The average Bonchev–Trinajstić information content (AvgIpc) is 2.55. The molecule has 0 aliphatic rings. The summed E-state index contributed by atoms with van der Waals surface area (Å²) >= 11 is 0. The zero-order valence-electron chi connectivity index (χ0n) is 11.2. The molecule has 0 aliphatic carbocycles. The van der Waals surface area contributed by atoms with Crippen LogP contribution in [0.15, 0.2) is 59.7 Å². The number of nitrogens with one attached hydrogen (secondary N) is 2. The number of benzene rings is 2. The van der Waals surface area contributed by atoms with E-state index in [4.69, 9.17) is 9.94 Å². The van der Waals surface area contributed by atoms with E-state index in [9.17, 15) is 4.79 Å². The van der Waals surface area contributed by atoms with E-state index < -0.39 is 6.03 Å². The first-order chi connectivity index (χ1) is 10.3. The maximum absolute atomic E-state index is 10.7. The Balaban J connectivity index is 1.85. The fourth-order valence-electron chi connectivity index (χ4n) is 1.58. The molecular weight excluding hydrogens is 270 g/mol. The van der Waals surface area contributed by atoms with Gasteiger partial charge in [0, 0.05) is 0 Å². The first-order valence-corrected chi connectivity index (χ1v) is 6.28. The van der Waals surface area contributed by atoms with Gasteiger partial charge in [-0.05, 0) is 35.4 Å². The molecule has 2 aromatic rings. The van der Waals surface area contributed by atoms with E-state index in [0.29, 0.717) is 6.61 Å². The monoisotopic (exact) mass is 285 g/mol. The highest BCUT2D eigenvalue weighted by Gasteiger charge is 1.96. The Bertz CT molecular complexity index is 597. The van der Waals surface area contributed by atoms with Crippen molar-refractivity contribution in [1.82, 2.24) is 10.9 Å². The Labute approximate surface area is 122 Å². The number of hydrazone groups is 1. The van der Waals surface area contributed by atoms with Gasteiger partial charge in [-0.15, -0.1) is 0 Å². The minimum Gasteiger partial charge on any atom is -0.489 e. The van der Waals surface area contributed by atoms with Gasteiger partial charge in [-0.2, -0.15) is 5.10 Å². The fourth-order valence-corrected chi connectivity index (χ4v) is 1.58. The number of hydrogen-bond acceptors (Lipinski definition) is 4. The molecule has 21 heavy (non-hydrogen) atoms. The molecule has 2 amide bonds. The highest BCUT2D eigenvalue weighted by Crippen LogP contribution is 2.13. The smallest absolute Gasteiger partial charge is 0.358 e. The molecule has 0 unspecified atom stereocenters. The number of urea groups is 1. The lowest BCUT2D eigenvalue weighted by Gasteiger charge is -2.06. The zero-order valence-corrected chi connectivity index (χ0v) is 11.2. The Morgan fingerprint density at radius 1 is 1.14 bits per heavy atom. The summed E-state index contributed by atoms with van der Waals surface area (Å²) in [5, 5.41) is 11.9. The molecule has 108 valence electrons. The number of nitrogens with zero attached hydrogens (tertiary/aromatic N) is 1. The van der Waals surface area contributed by atoms with Crippen molar-refractivity contribution in [2.45, 2.75) is 6.61 Å². The molecule has 0 heterocycles. The summed E-state index contributed by atoms with van der Waals surface area (Å²) in [4.78, 5) is 10.7. The summed E-state index contributed by atoms with van der Waals surface area (Å²) in [6, 6.07) is 16.3. The largest absolute Gasteiger partial charge is 0.489 e. The number of hydroxylamine groups is 1. The van der Waals surface area contributed by atoms with Crippen LogP contribution in [0.25, 0.3) is 0 Å². The first kappa shape index (κ1) is 14.5. The van der Waals surface area contributed by atoms with Gasteiger partial charge >= 0.3 is 6.03 Å². The van der Waals surface area contributed by atoms with Crippen LogP contribution in [-0.4, -0.2) is 17.5 Å². The van der Waals surface area contributed by atoms with Gasteiger partial charge in [0.15, 0.2) is 0 Å². The summed E-state index contributed by atoms with van der Waals surface area (Å²) in [6.45, 7) is 0.506. The minimum atomic E-state index is -0.797. The van der Waals surface area contributed by atoms with Gasteiger partial charge in [0.1, 0.15) is 12.4 Å². The van der Waals surface area contributed by atoms with Gasteiger partial charge in [0.2, 0.25) is 0 Å². The summed E-state index contributed by atoms with van der Waals surface area (Å²) in [5.74, 6) is 0.747. The second-order valence-electron chi connectivity index (χ2n) is 4.15. The maximum atomic E-state index is 10.7. The van der Waals surface area contributed by atoms with Gasteiger partial charge in [-0.3, -0.25) is 5.21 Å². The highest BCUT2D eigenvalue weighted by molar-refractivity contribution is 5.81. The van der Waals surface area contributed by atoms with E-state index in [-0.39, 0.29) is 0 Å². The molecule has 0 aromatic heterocycles. The van der Waals surface area contributed by atoms with Crippen LogP contribution >= 0.6 is 0 Å². The predicted octanol–water partition coefficient (Wildman–Crippen LogP) is 2.29. The molecule has 0 radical (unpaired) electrons. The van der Waals surface area contributed by atoms with Gasteiger partial charge in [0.05, 0.1) is 6.21 Å². The molecule has 0 bridgehead atoms. The highest BCUT2D eigenvalue weighted by atomic mass is 16.5. The van der Waals surface area contributed by atoms with E-state index in [1.807, 2.05) is 54.6 Å². The van der Waals surface area contributed by atoms with Gasteiger partial charge in [-0.1, -0.05) is 30.3 Å². The predicted molar refractivity (Wildman–Crippen MR) is 78.3 cm³/mol. The SMILES string of the molecule is O=C(NO)N/N=C\c1ccc(OCc2ccccc2)cc1. The average molecular weight is 285 g/mol. The number of carbonyl (C=O) groups excluding carboxylic acids is 1. The van der Waals surface area contributed by atoms with E-state index >= 15 is 0 Å². The van der Waals surface area contributed by atoms with Crippen molar-refractivity contribution in [3.05, 3.63) is 65.7 Å². The molecule has 3 N–H and O–H groups in total. The number of hydrogen-bond donors (Lipinski definition) is 3. The van der Waals surface area contributed by atoms with Crippen molar-refractivity contribution in [3.63, 3.8) is 0 Å². The first-order valence-electron chi connectivity index (χ1n) is 6.28. The van der Waals surface area contributed by atoms with Crippen LogP contribution in [0.4, 0.5) is 4.79 Å². The van der Waals surface area contributed by atoms with E-state index in [0.717, 1.165) is 16.9 Å². The molecule has 0 fully saturated rings.